The van der Waals surface area contributed by atoms with Crippen LogP contribution in [0.2, 0.25) is 10.0 Å². The molecule has 0 aliphatic heterocycles. The van der Waals surface area contributed by atoms with E-state index in [0.29, 0.717) is 13.2 Å². The van der Waals surface area contributed by atoms with Gasteiger partial charge < -0.3 is 9.47 Å². The highest BCUT2D eigenvalue weighted by atomic mass is 35.5. The van der Waals surface area contributed by atoms with E-state index in [2.05, 4.69) is 48.5 Å². The summed E-state index contributed by atoms with van der Waals surface area (Å²) in [5.41, 5.74) is 6.80. The van der Waals surface area contributed by atoms with Crippen molar-refractivity contribution in [3.05, 3.63) is 117 Å². The van der Waals surface area contributed by atoms with Crippen LogP contribution in [0, 0.1) is 0 Å². The summed E-state index contributed by atoms with van der Waals surface area (Å²) in [5.74, 6) is 1.76. The topological polar surface area (TPSA) is 18.5 Å². The molecule has 0 radical (unpaired) electrons. The molecule has 0 heterocycles. The van der Waals surface area contributed by atoms with Crippen LogP contribution in [0.25, 0.3) is 11.1 Å². The standard InChI is InChI=1S/C30H28Cl2O2/c1-3-33-27-11-5-21(6-12-27)17-25-19-23(9-15-29(25)31)24-10-16-30(32)26(20-24)18-22-7-13-28(14-8-22)34-4-2/h5-16,19-20H,3-4,17-18H2,1-2H3. The summed E-state index contributed by atoms with van der Waals surface area (Å²) in [4.78, 5) is 0. The maximum Gasteiger partial charge on any atom is 0.119 e. The summed E-state index contributed by atoms with van der Waals surface area (Å²) in [5, 5.41) is 1.53. The van der Waals surface area contributed by atoms with Gasteiger partial charge in [0.05, 0.1) is 13.2 Å². The van der Waals surface area contributed by atoms with E-state index in [4.69, 9.17) is 32.7 Å². The maximum absolute atomic E-state index is 6.56. The molecule has 0 aliphatic rings. The van der Waals surface area contributed by atoms with Crippen molar-refractivity contribution in [3.8, 4) is 22.6 Å². The first-order valence-corrected chi connectivity index (χ1v) is 12.3. The SMILES string of the molecule is CCOc1ccc(Cc2cc(-c3ccc(Cl)c(Cc4ccc(OCC)cc4)c3)ccc2Cl)cc1. The molecule has 0 aliphatic carbocycles. The molecule has 2 nitrogen and oxygen atoms in total. The Hall–Kier alpha value is -2.94. The predicted octanol–water partition coefficient (Wildman–Crippen LogP) is 8.64. The molecule has 0 saturated heterocycles. The second-order valence-electron chi connectivity index (χ2n) is 8.12. The van der Waals surface area contributed by atoms with E-state index in [-0.39, 0.29) is 0 Å². The van der Waals surface area contributed by atoms with Crippen molar-refractivity contribution in [3.63, 3.8) is 0 Å². The lowest BCUT2D eigenvalue weighted by atomic mass is 9.96. The zero-order chi connectivity index (χ0) is 23.9. The zero-order valence-corrected chi connectivity index (χ0v) is 21.0. The quantitative estimate of drug-likeness (QED) is 0.233. The Bertz CT molecular complexity index is 1130. The minimum absolute atomic E-state index is 0.662. The monoisotopic (exact) mass is 490 g/mol. The first-order valence-electron chi connectivity index (χ1n) is 11.6. The van der Waals surface area contributed by atoms with Crippen LogP contribution in [0.5, 0.6) is 11.5 Å². The summed E-state index contributed by atoms with van der Waals surface area (Å²) >= 11 is 13.1. The first-order chi connectivity index (χ1) is 16.6. The summed E-state index contributed by atoms with van der Waals surface area (Å²) < 4.78 is 11.1. The summed E-state index contributed by atoms with van der Waals surface area (Å²) in [7, 11) is 0. The average Bonchev–Trinajstić information content (AvgIpc) is 2.85. The Morgan fingerprint density at radius 2 is 0.912 bits per heavy atom. The molecule has 0 N–H and O–H groups in total. The van der Waals surface area contributed by atoms with Crippen LogP contribution < -0.4 is 9.47 Å². The Labute approximate surface area is 212 Å². The minimum atomic E-state index is 0.662. The molecule has 4 aromatic carbocycles. The van der Waals surface area contributed by atoms with Crippen molar-refractivity contribution in [2.24, 2.45) is 0 Å². The fourth-order valence-electron chi connectivity index (χ4n) is 3.96. The van der Waals surface area contributed by atoms with Gasteiger partial charge in [-0.15, -0.1) is 0 Å². The average molecular weight is 491 g/mol. The van der Waals surface area contributed by atoms with Crippen molar-refractivity contribution in [1.82, 2.24) is 0 Å². The molecule has 4 rings (SSSR count). The van der Waals surface area contributed by atoms with Gasteiger partial charge in [-0.3, -0.25) is 0 Å². The number of ether oxygens (including phenoxy) is 2. The first kappa shape index (κ1) is 24.2. The van der Waals surface area contributed by atoms with E-state index in [1.807, 2.05) is 50.2 Å². The van der Waals surface area contributed by atoms with Crippen molar-refractivity contribution in [2.45, 2.75) is 26.7 Å². The second-order valence-corrected chi connectivity index (χ2v) is 8.93. The van der Waals surface area contributed by atoms with Crippen LogP contribution in [0.4, 0.5) is 0 Å². The lowest BCUT2D eigenvalue weighted by Crippen LogP contribution is -1.95. The zero-order valence-electron chi connectivity index (χ0n) is 19.5. The van der Waals surface area contributed by atoms with E-state index >= 15 is 0 Å². The molecule has 0 bridgehead atoms. The highest BCUT2D eigenvalue weighted by Gasteiger charge is 2.09. The van der Waals surface area contributed by atoms with Crippen LogP contribution in [0.3, 0.4) is 0 Å². The van der Waals surface area contributed by atoms with Gasteiger partial charge in [-0.25, -0.2) is 0 Å². The van der Waals surface area contributed by atoms with Gasteiger partial charge in [0.15, 0.2) is 0 Å². The van der Waals surface area contributed by atoms with Gasteiger partial charge in [-0.1, -0.05) is 59.6 Å². The minimum Gasteiger partial charge on any atom is -0.494 e. The lowest BCUT2D eigenvalue weighted by Gasteiger charge is -2.12. The fraction of sp³-hybridized carbons (Fsp3) is 0.200. The molecule has 0 spiro atoms. The highest BCUT2D eigenvalue weighted by molar-refractivity contribution is 6.32. The molecule has 0 fully saturated rings. The van der Waals surface area contributed by atoms with Crippen molar-refractivity contribution >= 4 is 23.2 Å². The Morgan fingerprint density at radius 1 is 0.529 bits per heavy atom. The van der Waals surface area contributed by atoms with Gasteiger partial charge in [-0.2, -0.15) is 0 Å². The van der Waals surface area contributed by atoms with Crippen LogP contribution in [-0.2, 0) is 12.8 Å². The van der Waals surface area contributed by atoms with Crippen LogP contribution in [-0.4, -0.2) is 13.2 Å². The summed E-state index contributed by atoms with van der Waals surface area (Å²) in [6, 6.07) is 28.8. The van der Waals surface area contributed by atoms with Crippen molar-refractivity contribution in [1.29, 1.82) is 0 Å². The number of hydrogen-bond donors (Lipinski definition) is 0. The van der Waals surface area contributed by atoms with E-state index in [0.717, 1.165) is 56.6 Å². The normalized spacial score (nSPS) is 10.8. The van der Waals surface area contributed by atoms with Crippen molar-refractivity contribution in [2.75, 3.05) is 13.2 Å². The molecule has 34 heavy (non-hydrogen) atoms. The van der Waals surface area contributed by atoms with Gasteiger partial charge in [0.2, 0.25) is 0 Å². The third-order valence-corrected chi connectivity index (χ3v) is 6.42. The summed E-state index contributed by atoms with van der Waals surface area (Å²) in [6.07, 6.45) is 1.51. The third-order valence-electron chi connectivity index (χ3n) is 5.68. The van der Waals surface area contributed by atoms with Crippen LogP contribution in [0.1, 0.15) is 36.1 Å². The van der Waals surface area contributed by atoms with E-state index in [1.54, 1.807) is 0 Å². The Balaban J connectivity index is 1.55. The van der Waals surface area contributed by atoms with E-state index < -0.39 is 0 Å². The van der Waals surface area contributed by atoms with Gasteiger partial charge in [-0.05, 0) is 109 Å². The highest BCUT2D eigenvalue weighted by Crippen LogP contribution is 2.31. The maximum atomic E-state index is 6.56. The van der Waals surface area contributed by atoms with Gasteiger partial charge in [0, 0.05) is 10.0 Å². The van der Waals surface area contributed by atoms with E-state index in [9.17, 15) is 0 Å². The van der Waals surface area contributed by atoms with E-state index in [1.165, 1.54) is 11.1 Å². The fourth-order valence-corrected chi connectivity index (χ4v) is 4.33. The van der Waals surface area contributed by atoms with Crippen LogP contribution in [0.15, 0.2) is 84.9 Å². The Morgan fingerprint density at radius 3 is 1.26 bits per heavy atom. The van der Waals surface area contributed by atoms with Gasteiger partial charge in [0.1, 0.15) is 11.5 Å². The largest absolute Gasteiger partial charge is 0.494 e. The molecule has 4 heteroatoms. The molecule has 0 saturated carbocycles. The molecule has 0 atom stereocenters. The number of halogens is 2. The molecule has 4 aromatic rings. The smallest absolute Gasteiger partial charge is 0.119 e. The van der Waals surface area contributed by atoms with Crippen molar-refractivity contribution < 1.29 is 9.47 Å². The number of hydrogen-bond acceptors (Lipinski definition) is 2. The predicted molar refractivity (Wildman–Crippen MR) is 143 cm³/mol. The molecular weight excluding hydrogens is 463 g/mol. The Kier molecular flexibility index (Phi) is 8.16. The van der Waals surface area contributed by atoms with Gasteiger partial charge in [0.25, 0.3) is 0 Å². The second kappa shape index (κ2) is 11.5. The number of benzene rings is 4. The molecule has 174 valence electrons. The molecule has 0 aromatic heterocycles. The number of rotatable bonds is 9. The van der Waals surface area contributed by atoms with Gasteiger partial charge >= 0.3 is 0 Å². The third kappa shape index (κ3) is 6.14. The van der Waals surface area contributed by atoms with Crippen LogP contribution >= 0.6 is 23.2 Å². The lowest BCUT2D eigenvalue weighted by molar-refractivity contribution is 0.340. The molecule has 0 amide bonds. The molecule has 0 unspecified atom stereocenters. The molecular formula is C30H28Cl2O2. The summed E-state index contributed by atoms with van der Waals surface area (Å²) in [6.45, 7) is 5.29.